The summed E-state index contributed by atoms with van der Waals surface area (Å²) in [5.74, 6) is -1.55. The Morgan fingerprint density at radius 1 is 0.457 bits per heavy atom. The second-order valence-corrected chi connectivity index (χ2v) is 43.7. The molecular weight excluding hydrogens is 1720 g/mol. The first-order valence-electron chi connectivity index (χ1n) is 47.1. The van der Waals surface area contributed by atoms with Crippen LogP contribution in [0.4, 0.5) is 0 Å². The van der Waals surface area contributed by atoms with Gasteiger partial charge in [-0.25, -0.2) is 16.8 Å². The summed E-state index contributed by atoms with van der Waals surface area (Å²) in [5.41, 5.74) is 3.37. The van der Waals surface area contributed by atoms with Gasteiger partial charge in [-0.2, -0.15) is 4.31 Å². The maximum atomic E-state index is 15.2. The molecule has 8 heterocycles. The van der Waals surface area contributed by atoms with Gasteiger partial charge in [0.2, 0.25) is 10.0 Å². The number of rotatable bonds is 21. The van der Waals surface area contributed by atoms with Crippen molar-refractivity contribution in [3.63, 3.8) is 0 Å². The van der Waals surface area contributed by atoms with Crippen LogP contribution in [0, 0.1) is 84.9 Å². The number of halogens is 1. The van der Waals surface area contributed by atoms with E-state index < -0.39 is 80.2 Å². The van der Waals surface area contributed by atoms with Crippen molar-refractivity contribution in [1.82, 2.24) is 19.4 Å². The van der Waals surface area contributed by atoms with Gasteiger partial charge in [0.1, 0.15) is 48.8 Å². The molecule has 8 saturated heterocycles. The molecule has 129 heavy (non-hydrogen) atoms. The number of cyclic esters (lactones) is 2. The molecule has 2 aromatic rings. The van der Waals surface area contributed by atoms with Gasteiger partial charge in [0.05, 0.1) is 71.5 Å². The van der Waals surface area contributed by atoms with Crippen molar-refractivity contribution in [2.75, 3.05) is 70.8 Å². The molecule has 16 rings (SSSR count). The maximum Gasteiger partial charge on any atom is 0.306 e. The number of nitrogens with zero attached hydrogens (tertiary/aromatic N) is 3. The molecule has 4 saturated carbocycles. The quantitative estimate of drug-likeness (QED) is 0.0689. The van der Waals surface area contributed by atoms with E-state index in [9.17, 15) is 31.2 Å². The number of carbonyl (C=O) groups is 4. The molecule has 31 heteroatoms. The molecule has 0 amide bonds. The predicted octanol–water partition coefficient (Wildman–Crippen LogP) is 13.1. The fourth-order valence-electron chi connectivity index (χ4n) is 24.9. The van der Waals surface area contributed by atoms with Gasteiger partial charge in [0.15, 0.2) is 36.7 Å². The topological polar surface area (TPSA) is 316 Å². The summed E-state index contributed by atoms with van der Waals surface area (Å²) < 4.78 is 153. The number of nitrogens with one attached hydrogen (secondary N) is 1. The lowest BCUT2D eigenvalue weighted by molar-refractivity contribution is -0.314. The Labute approximate surface area is 773 Å². The van der Waals surface area contributed by atoms with E-state index in [4.69, 9.17) is 86.5 Å². The number of ether oxygens (including phenoxy) is 16. The fourth-order valence-corrected chi connectivity index (χ4v) is 27.5. The van der Waals surface area contributed by atoms with Crippen LogP contribution in [0.15, 0.2) is 81.6 Å². The largest absolute Gasteiger partial charge is 0.462 e. The molecule has 0 spiro atoms. The van der Waals surface area contributed by atoms with Crippen LogP contribution in [0.1, 0.15) is 197 Å². The third kappa shape index (κ3) is 22.1. The number of Topliss-reactive ketones (excluding diaryl/α,β-unsaturated/α-hetero) is 2. The second kappa shape index (κ2) is 44.0. The summed E-state index contributed by atoms with van der Waals surface area (Å²) in [5, 5.41) is 3.82. The van der Waals surface area contributed by atoms with Crippen molar-refractivity contribution in [3.05, 3.63) is 83.0 Å². The van der Waals surface area contributed by atoms with E-state index in [1.165, 1.54) is 12.1 Å². The summed E-state index contributed by atoms with van der Waals surface area (Å²) in [6.45, 7) is 20.0. The lowest BCUT2D eigenvalue weighted by Crippen LogP contribution is -2.59. The molecule has 0 aromatic heterocycles. The number of carbonyl (C=O) groups excluding carboxylic acids is 4. The molecule has 39 atom stereocenters. The van der Waals surface area contributed by atoms with Crippen LogP contribution < -0.4 is 5.32 Å². The van der Waals surface area contributed by atoms with E-state index in [0.717, 1.165) is 80.9 Å². The van der Waals surface area contributed by atoms with Crippen LogP contribution in [-0.2, 0) is 114 Å². The SMILES string of the molecule is C.C.CC[C@H]1CCC[C@H](O[C@H]2CC[C@H](N(C)C)C(C)O2)[C@@H](C)C(=O)C2=C[C@H]3[C@@H]4C[C@H](O[C@@H]5OC(C)[C@H](OC)[C@@H](OC)C5OC)C[C@H]4[C@@H]4[C@H]([C@H]3[C@@H]2CC(=O)O1)N4S(=O)(=O)c1ccc(C)cc1.CC[C@H]1CCC[C@H](O[C@H]2CC[C@H](N(C)C)C(C)O2)[C@@H](C)C(=O)C2=C[C@H]3[C@@H]4C[C@H](O[C@@H]5OC(C)[C@H](OC)[C@@H](OC)C5OC)C[C@H]4[C@H]4N[C@H]4[C@H]3[C@@H]2CC(=O)O1.Cc1ccc(S(=O)(=O)Cl)cc1. The molecule has 7 unspecified atom stereocenters. The van der Waals surface area contributed by atoms with Crippen LogP contribution in [-0.4, -0.2) is 284 Å². The summed E-state index contributed by atoms with van der Waals surface area (Å²) in [6, 6.07) is 13.9. The number of likely N-dealkylation sites (N-methyl/N-ethyl adjacent to an activating group) is 2. The zero-order valence-corrected chi connectivity index (χ0v) is 80.7. The summed E-state index contributed by atoms with van der Waals surface area (Å²) in [4.78, 5) is 62.4. The molecule has 14 aliphatic rings. The van der Waals surface area contributed by atoms with Gasteiger partial charge in [-0.15, -0.1) is 0 Å². The molecular formula is C98H153ClN4O24S2. The number of fused-ring (bicyclic) bond motifs is 16. The molecule has 728 valence electrons. The Morgan fingerprint density at radius 3 is 1.26 bits per heavy atom. The van der Waals surface area contributed by atoms with Gasteiger partial charge in [0, 0.05) is 113 Å². The smallest absolute Gasteiger partial charge is 0.306 e. The zero-order chi connectivity index (χ0) is 91.3. The highest BCUT2D eigenvalue weighted by molar-refractivity contribution is 8.13. The first-order chi connectivity index (χ1) is 60.6. The zero-order valence-electron chi connectivity index (χ0n) is 78.3. The van der Waals surface area contributed by atoms with Crippen molar-refractivity contribution in [1.29, 1.82) is 0 Å². The van der Waals surface area contributed by atoms with E-state index in [2.05, 4.69) is 76.2 Å². The number of ketones is 2. The van der Waals surface area contributed by atoms with Crippen molar-refractivity contribution >= 4 is 53.3 Å². The number of aryl methyl sites for hydroxylation is 2. The minimum atomic E-state index is -3.94. The molecule has 28 nitrogen and oxygen atoms in total. The molecule has 12 fully saturated rings. The predicted molar refractivity (Wildman–Crippen MR) is 486 cm³/mol. The Morgan fingerprint density at radius 2 is 0.853 bits per heavy atom. The van der Waals surface area contributed by atoms with Crippen LogP contribution in [0.25, 0.3) is 0 Å². The standard InChI is InChI=1S/C48H72N2O12S.C41H66N2O10.C7H7ClO2S.2CH4/c1-11-29-13-12-14-38(62-40-20-19-37(49(6)7)27(4)58-40)26(3)44(52)36-23-33-32-21-30(61-48-47(57-10)46(56-9)45(55-8)28(5)59-48)22-35(32)42-43(41(33)34(36)24-39(51)60-29)50(42)63(53,54)31-17-15-25(2)16-18-31;1-10-23-12-11-13-31(53-33-15-14-30(43(5)6)21(3)49-33)20(2)37(45)29-18-26-25-16-24(52-41-40(48-9)39(47-8)38(46-7)22(4)50-41)17-28(25)35-36(42-35)34(26)27(29)19-32(44)51-23;1-6-2-4-7(5-3-6)11(8,9)10;;/h15-18,23,26-30,32-35,37-38,40-43,45-48H,11-14,19-22,24H2,1-10H3;18,20-28,30-31,33-36,38-42H,10-17,19H2,1-9H3;2-5H,1H3;2*1H4/t26-,27?,28?,29+,30+,32+,33+,34-,35-,37+,38+,40+,41-,42-,43+,45+,46-,47?,48+,50?;20-,21?,22?,23+,24+,25+,26+,27-,28-,30+,31+,33+,34-,35-,36+,38+,39-,40?,41+;;;/m11.../s1. The van der Waals surface area contributed by atoms with Crippen LogP contribution in [0.2, 0.25) is 0 Å². The van der Waals surface area contributed by atoms with Gasteiger partial charge < -0.3 is 90.9 Å². The first-order valence-corrected chi connectivity index (χ1v) is 50.8. The van der Waals surface area contributed by atoms with Crippen LogP contribution >= 0.6 is 10.7 Å². The summed E-state index contributed by atoms with van der Waals surface area (Å²) in [7, 11) is 15.8. The number of methoxy groups -OCH3 is 6. The highest BCUT2D eigenvalue weighted by atomic mass is 35.7. The van der Waals surface area contributed by atoms with Gasteiger partial charge in [0.25, 0.3) is 9.05 Å². The number of sulfonamides is 1. The summed E-state index contributed by atoms with van der Waals surface area (Å²) >= 11 is 0. The molecule has 1 N–H and O–H groups in total. The number of hydrogen-bond donors (Lipinski definition) is 1. The van der Waals surface area contributed by atoms with Crippen molar-refractivity contribution in [2.45, 2.75) is 369 Å². The van der Waals surface area contributed by atoms with Crippen LogP contribution in [0.3, 0.4) is 0 Å². The molecule has 0 bridgehead atoms. The van der Waals surface area contributed by atoms with Gasteiger partial charge >= 0.3 is 11.9 Å². The van der Waals surface area contributed by atoms with Crippen molar-refractivity contribution in [2.24, 2.45) is 71.0 Å². The highest BCUT2D eigenvalue weighted by Gasteiger charge is 2.73. The number of allylic oxidation sites excluding steroid dienone is 4. The van der Waals surface area contributed by atoms with Gasteiger partial charge in [-0.05, 0) is 255 Å². The van der Waals surface area contributed by atoms with Gasteiger partial charge in [-0.1, -0.05) is 90.1 Å². The average molecular weight is 1870 g/mol. The lowest BCUT2D eigenvalue weighted by atomic mass is 9.66. The van der Waals surface area contributed by atoms with E-state index in [-0.39, 0.29) is 206 Å². The van der Waals surface area contributed by atoms with E-state index in [1.54, 1.807) is 71.2 Å². The minimum absolute atomic E-state index is 0. The van der Waals surface area contributed by atoms with Crippen molar-refractivity contribution in [3.8, 4) is 0 Å². The molecule has 2 aromatic carbocycles. The molecule has 0 radical (unpaired) electrons. The fraction of sp³-hybridized carbons (Fsp3) is 0.796. The van der Waals surface area contributed by atoms with Crippen molar-refractivity contribution < 1.29 is 112 Å². The Balaban J connectivity index is 0.000000208. The first kappa shape index (κ1) is 104. The van der Waals surface area contributed by atoms with Crippen LogP contribution in [0.5, 0.6) is 0 Å². The second-order valence-electron chi connectivity index (χ2n) is 39.3. The highest BCUT2D eigenvalue weighted by Crippen LogP contribution is 2.66. The summed E-state index contributed by atoms with van der Waals surface area (Å²) in [6.07, 6.45) is 10.3. The number of benzene rings is 2. The third-order valence-corrected chi connectivity index (χ3v) is 34.7. The lowest BCUT2D eigenvalue weighted by Gasteiger charge is -2.44. The number of esters is 2. The molecule has 8 aliphatic heterocycles. The normalized spacial score (nSPS) is 42.7. The monoisotopic (exact) mass is 1870 g/mol. The third-order valence-electron chi connectivity index (χ3n) is 31.5. The minimum Gasteiger partial charge on any atom is -0.462 e. The molecule has 6 aliphatic carbocycles. The Kier molecular flexibility index (Phi) is 35.3. The number of hydrogen-bond acceptors (Lipinski definition) is 27. The average Bonchev–Trinajstić information content (AvgIpc) is 1.50. The van der Waals surface area contributed by atoms with Gasteiger partial charge in [-0.3, -0.25) is 19.2 Å². The van der Waals surface area contributed by atoms with E-state index in [1.807, 2.05) is 60.6 Å². The maximum absolute atomic E-state index is 15.2. The Hall–Kier alpha value is -4.33. The van der Waals surface area contributed by atoms with E-state index in [0.29, 0.717) is 68.0 Å². The van der Waals surface area contributed by atoms with E-state index >= 15 is 4.79 Å². The Bertz CT molecular complexity index is 4380.